The first-order valence-electron chi connectivity index (χ1n) is 5.63. The minimum Gasteiger partial charge on any atom is -0.338 e. The van der Waals surface area contributed by atoms with E-state index in [-0.39, 0.29) is 11.6 Å². The molecule has 0 aromatic heterocycles. The van der Waals surface area contributed by atoms with Crippen LogP contribution in [0.15, 0.2) is 18.2 Å². The van der Waals surface area contributed by atoms with Gasteiger partial charge in [0.15, 0.2) is 0 Å². The fourth-order valence-corrected chi connectivity index (χ4v) is 2.15. The molecule has 0 spiro atoms. The van der Waals surface area contributed by atoms with E-state index in [2.05, 4.69) is 0 Å². The maximum absolute atomic E-state index is 12.0. The molecule has 0 bridgehead atoms. The van der Waals surface area contributed by atoms with Gasteiger partial charge in [0, 0.05) is 42.1 Å². The summed E-state index contributed by atoms with van der Waals surface area (Å²) in [6.45, 7) is 2.91. The Labute approximate surface area is 109 Å². The molecule has 5 nitrogen and oxygen atoms in total. The highest BCUT2D eigenvalue weighted by Crippen LogP contribution is 2.23. The SMILES string of the molecule is Cc1ccc(C(=O)N2CC(CCl)C2)cc1[N+](=O)[O-]. The molecular weight excluding hydrogens is 256 g/mol. The van der Waals surface area contributed by atoms with Crippen LogP contribution >= 0.6 is 11.6 Å². The minimum atomic E-state index is -0.468. The highest BCUT2D eigenvalue weighted by Gasteiger charge is 2.31. The summed E-state index contributed by atoms with van der Waals surface area (Å²) in [6, 6.07) is 4.56. The highest BCUT2D eigenvalue weighted by atomic mass is 35.5. The number of halogens is 1. The van der Waals surface area contributed by atoms with Crippen LogP contribution in [0.4, 0.5) is 5.69 Å². The normalized spacial score (nSPS) is 15.3. The molecule has 1 fully saturated rings. The van der Waals surface area contributed by atoms with E-state index in [0.717, 1.165) is 0 Å². The lowest BCUT2D eigenvalue weighted by atomic mass is 10.0. The number of amides is 1. The van der Waals surface area contributed by atoms with Gasteiger partial charge in [0.1, 0.15) is 0 Å². The maximum atomic E-state index is 12.0. The van der Waals surface area contributed by atoms with Crippen LogP contribution in [-0.4, -0.2) is 34.7 Å². The van der Waals surface area contributed by atoms with Crippen LogP contribution in [0.3, 0.4) is 0 Å². The van der Waals surface area contributed by atoms with Gasteiger partial charge in [0.25, 0.3) is 11.6 Å². The van der Waals surface area contributed by atoms with Crippen molar-refractivity contribution in [1.82, 2.24) is 4.90 Å². The largest absolute Gasteiger partial charge is 0.338 e. The minimum absolute atomic E-state index is 0.0183. The van der Waals surface area contributed by atoms with Crippen molar-refractivity contribution in [2.75, 3.05) is 19.0 Å². The lowest BCUT2D eigenvalue weighted by Crippen LogP contribution is -2.50. The zero-order chi connectivity index (χ0) is 13.3. The van der Waals surface area contributed by atoms with Gasteiger partial charge in [-0.3, -0.25) is 14.9 Å². The standard InChI is InChI=1S/C12H13ClN2O3/c1-8-2-3-10(4-11(8)15(17)18)12(16)14-6-9(5-13)7-14/h2-4,9H,5-7H2,1H3. The second-order valence-electron chi connectivity index (χ2n) is 4.49. The van der Waals surface area contributed by atoms with Crippen molar-refractivity contribution < 1.29 is 9.72 Å². The number of hydrogen-bond acceptors (Lipinski definition) is 3. The molecule has 0 radical (unpaired) electrons. The van der Waals surface area contributed by atoms with Crippen LogP contribution in [-0.2, 0) is 0 Å². The average Bonchev–Trinajstić information content (AvgIpc) is 2.27. The van der Waals surface area contributed by atoms with Gasteiger partial charge in [0.2, 0.25) is 0 Å². The van der Waals surface area contributed by atoms with Crippen LogP contribution in [0.2, 0.25) is 0 Å². The van der Waals surface area contributed by atoms with Crippen LogP contribution in [0.1, 0.15) is 15.9 Å². The number of nitro benzene ring substituents is 1. The van der Waals surface area contributed by atoms with Gasteiger partial charge in [0.05, 0.1) is 4.92 Å². The van der Waals surface area contributed by atoms with Crippen molar-refractivity contribution in [3.63, 3.8) is 0 Å². The van der Waals surface area contributed by atoms with Crippen LogP contribution in [0.25, 0.3) is 0 Å². The first-order valence-corrected chi connectivity index (χ1v) is 6.16. The van der Waals surface area contributed by atoms with Crippen molar-refractivity contribution in [2.45, 2.75) is 6.92 Å². The molecule has 1 amide bonds. The van der Waals surface area contributed by atoms with Gasteiger partial charge in [-0.25, -0.2) is 0 Å². The number of alkyl halides is 1. The molecule has 1 aliphatic rings. The Morgan fingerprint density at radius 1 is 1.56 bits per heavy atom. The van der Waals surface area contributed by atoms with E-state index in [9.17, 15) is 14.9 Å². The number of carbonyl (C=O) groups is 1. The Hall–Kier alpha value is -1.62. The fraction of sp³-hybridized carbons (Fsp3) is 0.417. The first-order chi connectivity index (χ1) is 8.52. The molecule has 18 heavy (non-hydrogen) atoms. The molecule has 1 aliphatic heterocycles. The predicted molar refractivity (Wildman–Crippen MR) is 67.9 cm³/mol. The van der Waals surface area contributed by atoms with E-state index >= 15 is 0 Å². The monoisotopic (exact) mass is 268 g/mol. The van der Waals surface area contributed by atoms with Crippen LogP contribution < -0.4 is 0 Å². The van der Waals surface area contributed by atoms with Crippen molar-refractivity contribution >= 4 is 23.2 Å². The summed E-state index contributed by atoms with van der Waals surface area (Å²) < 4.78 is 0. The third-order valence-electron chi connectivity index (χ3n) is 3.12. The summed E-state index contributed by atoms with van der Waals surface area (Å²) in [7, 11) is 0. The van der Waals surface area contributed by atoms with Gasteiger partial charge in [-0.2, -0.15) is 0 Å². The van der Waals surface area contributed by atoms with E-state index in [0.29, 0.717) is 36.0 Å². The summed E-state index contributed by atoms with van der Waals surface area (Å²) in [6.07, 6.45) is 0. The Bertz CT molecular complexity index is 498. The summed E-state index contributed by atoms with van der Waals surface area (Å²) in [4.78, 5) is 24.0. The Balaban J connectivity index is 2.17. The number of nitro groups is 1. The van der Waals surface area contributed by atoms with Crippen LogP contribution in [0.5, 0.6) is 0 Å². The van der Waals surface area contributed by atoms with E-state index < -0.39 is 4.92 Å². The number of benzene rings is 1. The summed E-state index contributed by atoms with van der Waals surface area (Å²) in [5.74, 6) is 0.716. The zero-order valence-corrected chi connectivity index (χ0v) is 10.7. The third-order valence-corrected chi connectivity index (χ3v) is 3.55. The van der Waals surface area contributed by atoms with E-state index in [1.807, 2.05) is 0 Å². The number of rotatable bonds is 3. The number of hydrogen-bond donors (Lipinski definition) is 0. The van der Waals surface area contributed by atoms with Gasteiger partial charge in [-0.15, -0.1) is 11.6 Å². The lowest BCUT2D eigenvalue weighted by Gasteiger charge is -2.38. The molecule has 1 aromatic rings. The van der Waals surface area contributed by atoms with Crippen molar-refractivity contribution in [1.29, 1.82) is 0 Å². The third kappa shape index (κ3) is 2.31. The van der Waals surface area contributed by atoms with E-state index in [4.69, 9.17) is 11.6 Å². The highest BCUT2D eigenvalue weighted by molar-refractivity contribution is 6.18. The molecule has 0 aliphatic carbocycles. The fourth-order valence-electron chi connectivity index (χ4n) is 1.95. The molecular formula is C12H13ClN2O3. The molecule has 0 N–H and O–H groups in total. The molecule has 0 saturated carbocycles. The second kappa shape index (κ2) is 4.94. The molecule has 1 saturated heterocycles. The topological polar surface area (TPSA) is 63.5 Å². The summed E-state index contributed by atoms with van der Waals surface area (Å²) in [5, 5.41) is 10.8. The maximum Gasteiger partial charge on any atom is 0.273 e. The van der Waals surface area contributed by atoms with Gasteiger partial charge >= 0.3 is 0 Å². The zero-order valence-electron chi connectivity index (χ0n) is 9.93. The quantitative estimate of drug-likeness (QED) is 0.480. The smallest absolute Gasteiger partial charge is 0.273 e. The molecule has 2 rings (SSSR count). The summed E-state index contributed by atoms with van der Waals surface area (Å²) >= 11 is 5.68. The molecule has 1 aromatic carbocycles. The molecule has 1 heterocycles. The number of likely N-dealkylation sites (tertiary alicyclic amines) is 1. The van der Waals surface area contributed by atoms with Crippen molar-refractivity contribution in [3.8, 4) is 0 Å². The lowest BCUT2D eigenvalue weighted by molar-refractivity contribution is -0.385. The molecule has 96 valence electrons. The number of carbonyl (C=O) groups excluding carboxylic acids is 1. The number of aryl methyl sites for hydroxylation is 1. The van der Waals surface area contributed by atoms with Gasteiger partial charge < -0.3 is 4.90 Å². The Morgan fingerprint density at radius 2 is 2.22 bits per heavy atom. The van der Waals surface area contributed by atoms with Gasteiger partial charge in [-0.1, -0.05) is 6.07 Å². The predicted octanol–water partition coefficient (Wildman–Crippen LogP) is 2.21. The molecule has 0 atom stereocenters. The average molecular weight is 269 g/mol. The van der Waals surface area contributed by atoms with E-state index in [1.165, 1.54) is 6.07 Å². The van der Waals surface area contributed by atoms with Crippen molar-refractivity contribution in [3.05, 3.63) is 39.4 Å². The Morgan fingerprint density at radius 3 is 2.78 bits per heavy atom. The molecule has 0 unspecified atom stereocenters. The number of nitrogens with zero attached hydrogens (tertiary/aromatic N) is 2. The molecule has 6 heteroatoms. The van der Waals surface area contributed by atoms with E-state index in [1.54, 1.807) is 24.0 Å². The Kier molecular flexibility index (Phi) is 3.52. The summed E-state index contributed by atoms with van der Waals surface area (Å²) in [5.41, 5.74) is 0.898. The first kappa shape index (κ1) is 12.8. The van der Waals surface area contributed by atoms with Crippen molar-refractivity contribution in [2.24, 2.45) is 5.92 Å². The second-order valence-corrected chi connectivity index (χ2v) is 4.80. The van der Waals surface area contributed by atoms with Gasteiger partial charge in [-0.05, 0) is 13.0 Å². The van der Waals surface area contributed by atoms with Crippen LogP contribution in [0, 0.1) is 23.0 Å².